The summed E-state index contributed by atoms with van der Waals surface area (Å²) in [5.41, 5.74) is 1.05. The van der Waals surface area contributed by atoms with E-state index < -0.39 is 0 Å². The van der Waals surface area contributed by atoms with Gasteiger partial charge in [-0.05, 0) is 24.5 Å². The summed E-state index contributed by atoms with van der Waals surface area (Å²) >= 11 is 9.02. The second-order valence-corrected chi connectivity index (χ2v) is 7.35. The standard InChI is InChI=1S/C14H14ClN3O2S2/c15-10-5-2-1-4-9(10)8-21-14-18-17-13(22-14)16-12(19)11-6-3-7-20-11/h1-2,4-5,11H,3,6-8H2,(H,16,17,19)/t11-/m0/s1. The molecule has 5 nitrogen and oxygen atoms in total. The van der Waals surface area contributed by atoms with E-state index in [1.807, 2.05) is 24.3 Å². The van der Waals surface area contributed by atoms with Gasteiger partial charge in [0.25, 0.3) is 5.91 Å². The molecule has 0 aliphatic carbocycles. The fourth-order valence-corrected chi connectivity index (χ4v) is 4.08. The largest absolute Gasteiger partial charge is 0.368 e. The number of hydrogen-bond donors (Lipinski definition) is 1. The highest BCUT2D eigenvalue weighted by atomic mass is 35.5. The van der Waals surface area contributed by atoms with Crippen molar-refractivity contribution in [1.29, 1.82) is 0 Å². The number of anilines is 1. The summed E-state index contributed by atoms with van der Waals surface area (Å²) in [4.78, 5) is 11.9. The first-order chi connectivity index (χ1) is 10.7. The van der Waals surface area contributed by atoms with Crippen LogP contribution >= 0.6 is 34.7 Å². The number of halogens is 1. The topological polar surface area (TPSA) is 64.1 Å². The summed E-state index contributed by atoms with van der Waals surface area (Å²) < 4.78 is 6.13. The van der Waals surface area contributed by atoms with Crippen LogP contribution in [-0.2, 0) is 15.3 Å². The zero-order valence-electron chi connectivity index (χ0n) is 11.6. The van der Waals surface area contributed by atoms with Gasteiger partial charge in [-0.25, -0.2) is 0 Å². The Hall–Kier alpha value is -1.15. The molecule has 1 aromatic heterocycles. The summed E-state index contributed by atoms with van der Waals surface area (Å²) in [6.45, 7) is 0.646. The molecule has 1 aromatic carbocycles. The number of carbonyl (C=O) groups is 1. The molecule has 1 atom stereocenters. The zero-order valence-corrected chi connectivity index (χ0v) is 14.0. The smallest absolute Gasteiger partial charge is 0.255 e. The van der Waals surface area contributed by atoms with E-state index in [9.17, 15) is 4.79 Å². The van der Waals surface area contributed by atoms with Gasteiger partial charge in [-0.2, -0.15) is 0 Å². The van der Waals surface area contributed by atoms with Crippen LogP contribution in [0.3, 0.4) is 0 Å². The molecule has 0 spiro atoms. The lowest BCUT2D eigenvalue weighted by atomic mass is 10.2. The van der Waals surface area contributed by atoms with E-state index >= 15 is 0 Å². The first-order valence-corrected chi connectivity index (χ1v) is 9.02. The van der Waals surface area contributed by atoms with Crippen LogP contribution in [-0.4, -0.2) is 28.8 Å². The van der Waals surface area contributed by atoms with E-state index in [0.717, 1.165) is 27.8 Å². The lowest BCUT2D eigenvalue weighted by molar-refractivity contribution is -0.124. The molecule has 1 N–H and O–H groups in total. The van der Waals surface area contributed by atoms with E-state index in [-0.39, 0.29) is 12.0 Å². The Labute approximate surface area is 141 Å². The molecule has 0 bridgehead atoms. The van der Waals surface area contributed by atoms with Crippen LogP contribution in [0.2, 0.25) is 5.02 Å². The fraction of sp³-hybridized carbons (Fsp3) is 0.357. The molecule has 1 aliphatic rings. The van der Waals surface area contributed by atoms with Crippen molar-refractivity contribution < 1.29 is 9.53 Å². The van der Waals surface area contributed by atoms with Crippen molar-refractivity contribution in [3.05, 3.63) is 34.9 Å². The molecule has 2 aromatic rings. The van der Waals surface area contributed by atoms with Gasteiger partial charge < -0.3 is 4.74 Å². The summed E-state index contributed by atoms with van der Waals surface area (Å²) in [6, 6.07) is 7.70. The van der Waals surface area contributed by atoms with Gasteiger partial charge in [0.1, 0.15) is 6.10 Å². The van der Waals surface area contributed by atoms with E-state index in [1.54, 1.807) is 11.8 Å². The number of rotatable bonds is 5. The number of benzene rings is 1. The average Bonchev–Trinajstić information content (AvgIpc) is 3.18. The van der Waals surface area contributed by atoms with Crippen molar-refractivity contribution >= 4 is 45.7 Å². The van der Waals surface area contributed by atoms with Gasteiger partial charge in [0.05, 0.1) is 0 Å². The monoisotopic (exact) mass is 355 g/mol. The highest BCUT2D eigenvalue weighted by Gasteiger charge is 2.24. The van der Waals surface area contributed by atoms with Crippen LogP contribution in [0.1, 0.15) is 18.4 Å². The van der Waals surface area contributed by atoms with Gasteiger partial charge >= 0.3 is 0 Å². The van der Waals surface area contributed by atoms with E-state index in [2.05, 4.69) is 15.5 Å². The minimum Gasteiger partial charge on any atom is -0.368 e. The Kier molecular flexibility index (Phi) is 5.30. The summed E-state index contributed by atoms with van der Waals surface area (Å²) in [5.74, 6) is 0.574. The van der Waals surface area contributed by atoms with Crippen LogP contribution in [0.4, 0.5) is 5.13 Å². The Morgan fingerprint density at radius 3 is 3.09 bits per heavy atom. The third kappa shape index (κ3) is 3.98. The molecule has 0 unspecified atom stereocenters. The Bertz CT molecular complexity index is 659. The molecule has 1 aliphatic heterocycles. The van der Waals surface area contributed by atoms with Gasteiger partial charge in [0.15, 0.2) is 4.34 Å². The molecule has 1 saturated heterocycles. The van der Waals surface area contributed by atoms with E-state index in [1.165, 1.54) is 11.3 Å². The number of nitrogens with one attached hydrogen (secondary N) is 1. The van der Waals surface area contributed by atoms with Crippen LogP contribution in [0.25, 0.3) is 0 Å². The molecule has 8 heteroatoms. The maximum Gasteiger partial charge on any atom is 0.255 e. The second kappa shape index (κ2) is 7.41. The van der Waals surface area contributed by atoms with Crippen LogP contribution in [0, 0.1) is 0 Å². The first-order valence-electron chi connectivity index (χ1n) is 6.84. The average molecular weight is 356 g/mol. The lowest BCUT2D eigenvalue weighted by Gasteiger charge is -2.06. The maximum absolute atomic E-state index is 11.9. The molecule has 1 fully saturated rings. The number of aromatic nitrogens is 2. The van der Waals surface area contributed by atoms with Crippen LogP contribution < -0.4 is 5.32 Å². The minimum atomic E-state index is -0.358. The summed E-state index contributed by atoms with van der Waals surface area (Å²) in [6.07, 6.45) is 1.33. The number of ether oxygens (including phenoxy) is 1. The summed E-state index contributed by atoms with van der Waals surface area (Å²) in [7, 11) is 0. The third-order valence-corrected chi connectivity index (χ3v) is 5.56. The van der Waals surface area contributed by atoms with Crippen molar-refractivity contribution in [2.45, 2.75) is 29.0 Å². The number of nitrogens with zero attached hydrogens (tertiary/aromatic N) is 2. The quantitative estimate of drug-likeness (QED) is 0.655. The molecule has 3 rings (SSSR count). The van der Waals surface area contributed by atoms with Crippen molar-refractivity contribution in [2.24, 2.45) is 0 Å². The molecule has 0 saturated carbocycles. The fourth-order valence-electron chi connectivity index (χ4n) is 2.04. The van der Waals surface area contributed by atoms with Gasteiger partial charge in [-0.15, -0.1) is 10.2 Å². The van der Waals surface area contributed by atoms with Gasteiger partial charge in [-0.3, -0.25) is 10.1 Å². The normalized spacial score (nSPS) is 17.6. The Morgan fingerprint density at radius 2 is 2.32 bits per heavy atom. The van der Waals surface area contributed by atoms with Crippen molar-refractivity contribution in [3.8, 4) is 0 Å². The van der Waals surface area contributed by atoms with E-state index in [4.69, 9.17) is 16.3 Å². The summed E-state index contributed by atoms with van der Waals surface area (Å²) in [5, 5.41) is 12.1. The van der Waals surface area contributed by atoms with Crippen molar-refractivity contribution in [2.75, 3.05) is 11.9 Å². The number of thioether (sulfide) groups is 1. The minimum absolute atomic E-state index is 0.142. The molecule has 0 radical (unpaired) electrons. The first kappa shape index (κ1) is 15.7. The van der Waals surface area contributed by atoms with Gasteiger partial charge in [0.2, 0.25) is 5.13 Å². The van der Waals surface area contributed by atoms with Crippen molar-refractivity contribution in [3.63, 3.8) is 0 Å². The Morgan fingerprint density at radius 1 is 1.45 bits per heavy atom. The SMILES string of the molecule is O=C(Nc1nnc(SCc2ccccc2Cl)s1)[C@@H]1CCCO1. The highest BCUT2D eigenvalue weighted by Crippen LogP contribution is 2.30. The lowest BCUT2D eigenvalue weighted by Crippen LogP contribution is -2.26. The van der Waals surface area contributed by atoms with Gasteiger partial charge in [-0.1, -0.05) is 52.9 Å². The second-order valence-electron chi connectivity index (χ2n) is 4.74. The highest BCUT2D eigenvalue weighted by molar-refractivity contribution is 8.00. The Balaban J connectivity index is 1.55. The number of carbonyl (C=O) groups excluding carboxylic acids is 1. The number of amides is 1. The maximum atomic E-state index is 11.9. The molecule has 1 amide bonds. The predicted octanol–water partition coefficient (Wildman–Crippen LogP) is 3.60. The molecule has 2 heterocycles. The third-order valence-electron chi connectivity index (χ3n) is 3.17. The predicted molar refractivity (Wildman–Crippen MR) is 88.5 cm³/mol. The van der Waals surface area contributed by atoms with Crippen LogP contribution in [0.15, 0.2) is 28.6 Å². The number of hydrogen-bond acceptors (Lipinski definition) is 6. The molecule has 116 valence electrons. The van der Waals surface area contributed by atoms with E-state index in [0.29, 0.717) is 17.5 Å². The molecular weight excluding hydrogens is 342 g/mol. The van der Waals surface area contributed by atoms with Crippen molar-refractivity contribution in [1.82, 2.24) is 10.2 Å². The van der Waals surface area contributed by atoms with Gasteiger partial charge in [0, 0.05) is 17.4 Å². The molecular formula is C14H14ClN3O2S2. The zero-order chi connectivity index (χ0) is 15.4. The van der Waals surface area contributed by atoms with Crippen LogP contribution in [0.5, 0.6) is 0 Å². The molecule has 22 heavy (non-hydrogen) atoms.